The van der Waals surface area contributed by atoms with Crippen LogP contribution in [0.5, 0.6) is 0 Å². The number of rotatable bonds is 4. The number of hydrogen-bond donors (Lipinski definition) is 2. The van der Waals surface area contributed by atoms with Crippen molar-refractivity contribution in [2.24, 2.45) is 5.84 Å². The summed E-state index contributed by atoms with van der Waals surface area (Å²) in [6, 6.07) is 8.14. The maximum Gasteiger partial charge on any atom is 0.124 e. The minimum Gasteiger partial charge on any atom is -0.271 e. The smallest absolute Gasteiger partial charge is 0.124 e. The van der Waals surface area contributed by atoms with Crippen molar-refractivity contribution in [1.82, 2.24) is 10.4 Å². The van der Waals surface area contributed by atoms with Crippen LogP contribution in [0.1, 0.15) is 22.9 Å². The van der Waals surface area contributed by atoms with Gasteiger partial charge in [-0.3, -0.25) is 16.3 Å². The topological polar surface area (TPSA) is 50.9 Å². The number of aryl methyl sites for hydroxylation is 1. The minimum absolute atomic E-state index is 0.115. The lowest BCUT2D eigenvalue weighted by atomic mass is 10.0. The van der Waals surface area contributed by atoms with E-state index in [0.717, 1.165) is 16.8 Å². The quantitative estimate of drug-likeness (QED) is 0.668. The highest BCUT2D eigenvalue weighted by molar-refractivity contribution is 6.31. The second-order valence-corrected chi connectivity index (χ2v) is 4.80. The molecule has 0 saturated heterocycles. The molecule has 0 radical (unpaired) electrons. The Bertz CT molecular complexity index is 557. The summed E-state index contributed by atoms with van der Waals surface area (Å²) >= 11 is 6.02. The molecule has 2 aromatic rings. The molecule has 1 atom stereocenters. The fourth-order valence-electron chi connectivity index (χ4n) is 1.87. The molecular weight excluding hydrogens is 265 g/mol. The van der Waals surface area contributed by atoms with Crippen molar-refractivity contribution in [3.8, 4) is 0 Å². The Balaban J connectivity index is 2.21. The molecule has 1 aromatic heterocycles. The first-order valence-corrected chi connectivity index (χ1v) is 6.30. The van der Waals surface area contributed by atoms with Gasteiger partial charge in [0.25, 0.3) is 0 Å². The number of halogens is 2. The van der Waals surface area contributed by atoms with Gasteiger partial charge in [0, 0.05) is 16.9 Å². The van der Waals surface area contributed by atoms with Gasteiger partial charge in [0.1, 0.15) is 5.82 Å². The van der Waals surface area contributed by atoms with Crippen LogP contribution in [0.2, 0.25) is 5.02 Å². The highest BCUT2D eigenvalue weighted by atomic mass is 35.5. The van der Waals surface area contributed by atoms with E-state index in [1.807, 2.05) is 19.1 Å². The number of aromatic nitrogens is 1. The van der Waals surface area contributed by atoms with Crippen LogP contribution in [0.25, 0.3) is 0 Å². The van der Waals surface area contributed by atoms with Gasteiger partial charge >= 0.3 is 0 Å². The average Bonchev–Trinajstić information content (AvgIpc) is 2.39. The Morgan fingerprint density at radius 1 is 1.37 bits per heavy atom. The molecule has 2 rings (SSSR count). The molecule has 0 bridgehead atoms. The SMILES string of the molecule is Cc1ccc(C(Cc2ccc(F)cc2Cl)NN)cn1. The van der Waals surface area contributed by atoms with Crippen LogP contribution in [-0.4, -0.2) is 4.98 Å². The van der Waals surface area contributed by atoms with E-state index in [0.29, 0.717) is 11.4 Å². The summed E-state index contributed by atoms with van der Waals surface area (Å²) in [4.78, 5) is 4.24. The lowest BCUT2D eigenvalue weighted by Crippen LogP contribution is -2.29. The Labute approximate surface area is 116 Å². The van der Waals surface area contributed by atoms with E-state index in [9.17, 15) is 4.39 Å². The van der Waals surface area contributed by atoms with E-state index >= 15 is 0 Å². The molecule has 3 N–H and O–H groups in total. The summed E-state index contributed by atoms with van der Waals surface area (Å²) in [6.45, 7) is 1.92. The number of benzene rings is 1. The molecule has 100 valence electrons. The molecule has 19 heavy (non-hydrogen) atoms. The second kappa shape index (κ2) is 6.10. The maximum absolute atomic E-state index is 13.0. The molecule has 1 heterocycles. The molecule has 0 saturated carbocycles. The largest absolute Gasteiger partial charge is 0.271 e. The van der Waals surface area contributed by atoms with Gasteiger partial charge in [-0.05, 0) is 42.7 Å². The van der Waals surface area contributed by atoms with Crippen LogP contribution in [0.4, 0.5) is 4.39 Å². The third-order valence-corrected chi connectivity index (χ3v) is 3.33. The van der Waals surface area contributed by atoms with Crippen molar-refractivity contribution >= 4 is 11.6 Å². The van der Waals surface area contributed by atoms with Crippen LogP contribution in [0.15, 0.2) is 36.5 Å². The summed E-state index contributed by atoms with van der Waals surface area (Å²) < 4.78 is 13.0. The van der Waals surface area contributed by atoms with Crippen LogP contribution in [0.3, 0.4) is 0 Å². The van der Waals surface area contributed by atoms with E-state index in [1.54, 1.807) is 12.3 Å². The zero-order valence-electron chi connectivity index (χ0n) is 10.5. The second-order valence-electron chi connectivity index (χ2n) is 4.39. The molecule has 0 aliphatic heterocycles. The fraction of sp³-hybridized carbons (Fsp3) is 0.214. The Kier molecular flexibility index (Phi) is 4.47. The van der Waals surface area contributed by atoms with Crippen molar-refractivity contribution in [2.45, 2.75) is 19.4 Å². The Hall–Kier alpha value is -1.49. The van der Waals surface area contributed by atoms with Gasteiger partial charge in [0.15, 0.2) is 0 Å². The third-order valence-electron chi connectivity index (χ3n) is 2.98. The first-order chi connectivity index (χ1) is 9.10. The van der Waals surface area contributed by atoms with E-state index in [2.05, 4.69) is 10.4 Å². The normalized spacial score (nSPS) is 12.4. The standard InChI is InChI=1S/C14H15ClFN3/c1-9-2-3-11(8-18-9)14(19-17)6-10-4-5-12(16)7-13(10)15/h2-5,7-8,14,19H,6,17H2,1H3. The number of nitrogens with two attached hydrogens (primary N) is 1. The molecule has 1 unspecified atom stereocenters. The van der Waals surface area contributed by atoms with Gasteiger partial charge in [-0.2, -0.15) is 0 Å². The van der Waals surface area contributed by atoms with Crippen LogP contribution >= 0.6 is 11.6 Å². The van der Waals surface area contributed by atoms with Crippen molar-refractivity contribution in [3.63, 3.8) is 0 Å². The molecule has 0 amide bonds. The van der Waals surface area contributed by atoms with Crippen molar-refractivity contribution < 1.29 is 4.39 Å². The van der Waals surface area contributed by atoms with E-state index in [-0.39, 0.29) is 11.9 Å². The number of hydrazine groups is 1. The molecule has 0 fully saturated rings. The van der Waals surface area contributed by atoms with Crippen molar-refractivity contribution in [3.05, 3.63) is 64.2 Å². The van der Waals surface area contributed by atoms with E-state index in [1.165, 1.54) is 12.1 Å². The molecule has 0 spiro atoms. The zero-order valence-corrected chi connectivity index (χ0v) is 11.3. The van der Waals surface area contributed by atoms with E-state index in [4.69, 9.17) is 17.4 Å². The van der Waals surface area contributed by atoms with Crippen molar-refractivity contribution in [1.29, 1.82) is 0 Å². The monoisotopic (exact) mass is 279 g/mol. The molecular formula is C14H15ClFN3. The molecule has 1 aromatic carbocycles. The predicted octanol–water partition coefficient (Wildman–Crippen LogP) is 2.93. The van der Waals surface area contributed by atoms with E-state index < -0.39 is 0 Å². The average molecular weight is 280 g/mol. The maximum atomic E-state index is 13.0. The van der Waals surface area contributed by atoms with Gasteiger partial charge < -0.3 is 0 Å². The highest BCUT2D eigenvalue weighted by Crippen LogP contribution is 2.23. The lowest BCUT2D eigenvalue weighted by molar-refractivity contribution is 0.549. The summed E-state index contributed by atoms with van der Waals surface area (Å²) in [5.41, 5.74) is 5.49. The van der Waals surface area contributed by atoms with Gasteiger partial charge in [0.2, 0.25) is 0 Å². The van der Waals surface area contributed by atoms with Crippen molar-refractivity contribution in [2.75, 3.05) is 0 Å². The van der Waals surface area contributed by atoms with Gasteiger partial charge in [-0.25, -0.2) is 4.39 Å². The number of pyridine rings is 1. The molecule has 5 heteroatoms. The number of nitrogens with one attached hydrogen (secondary N) is 1. The highest BCUT2D eigenvalue weighted by Gasteiger charge is 2.13. The van der Waals surface area contributed by atoms with Gasteiger partial charge in [0.05, 0.1) is 6.04 Å². The fourth-order valence-corrected chi connectivity index (χ4v) is 2.11. The summed E-state index contributed by atoms with van der Waals surface area (Å²) in [7, 11) is 0. The van der Waals surface area contributed by atoms with Crippen LogP contribution in [-0.2, 0) is 6.42 Å². The molecule has 0 aliphatic rings. The summed E-state index contributed by atoms with van der Waals surface area (Å²) in [6.07, 6.45) is 2.34. The van der Waals surface area contributed by atoms with Gasteiger partial charge in [-0.1, -0.05) is 23.7 Å². The Morgan fingerprint density at radius 2 is 2.16 bits per heavy atom. The van der Waals surface area contributed by atoms with Crippen LogP contribution < -0.4 is 11.3 Å². The number of nitrogens with zero attached hydrogens (tertiary/aromatic N) is 1. The summed E-state index contributed by atoms with van der Waals surface area (Å²) in [5.74, 6) is 5.23. The molecule has 3 nitrogen and oxygen atoms in total. The summed E-state index contributed by atoms with van der Waals surface area (Å²) in [5, 5.41) is 0.403. The first-order valence-electron chi connectivity index (χ1n) is 5.92. The first kappa shape index (κ1) is 13.9. The third kappa shape index (κ3) is 3.50. The Morgan fingerprint density at radius 3 is 2.74 bits per heavy atom. The lowest BCUT2D eigenvalue weighted by Gasteiger charge is -2.17. The van der Waals surface area contributed by atoms with Crippen LogP contribution in [0, 0.1) is 12.7 Å². The van der Waals surface area contributed by atoms with Gasteiger partial charge in [-0.15, -0.1) is 0 Å². The zero-order chi connectivity index (χ0) is 13.8. The molecule has 0 aliphatic carbocycles. The predicted molar refractivity (Wildman–Crippen MR) is 74.2 cm³/mol. The number of hydrogen-bond acceptors (Lipinski definition) is 3. The minimum atomic E-state index is -0.344.